The van der Waals surface area contributed by atoms with Crippen molar-refractivity contribution in [3.8, 4) is 0 Å². The van der Waals surface area contributed by atoms with Crippen molar-refractivity contribution in [1.29, 1.82) is 0 Å². The molecule has 1 aliphatic rings. The number of benzene rings is 1. The minimum Gasteiger partial charge on any atom is -0.480 e. The second-order valence-electron chi connectivity index (χ2n) is 5.40. The zero-order chi connectivity index (χ0) is 15.6. The highest BCUT2D eigenvalue weighted by Crippen LogP contribution is 2.27. The predicted octanol–water partition coefficient (Wildman–Crippen LogP) is 1.62. The number of aryl methyl sites for hydroxylation is 1. The Morgan fingerprint density at radius 2 is 2.14 bits per heavy atom. The van der Waals surface area contributed by atoms with Gasteiger partial charge in [-0.05, 0) is 36.1 Å². The van der Waals surface area contributed by atoms with Gasteiger partial charge >= 0.3 is 5.97 Å². The van der Waals surface area contributed by atoms with Gasteiger partial charge in [0, 0.05) is 24.1 Å². The molecular weight excluding hydrogens is 358 g/mol. The topological polar surface area (TPSA) is 74.7 Å². The number of aliphatic carboxylic acids is 1. The lowest BCUT2D eigenvalue weighted by Gasteiger charge is -2.29. The second kappa shape index (κ2) is 6.46. The van der Waals surface area contributed by atoms with E-state index in [0.29, 0.717) is 13.1 Å². The van der Waals surface area contributed by atoms with E-state index in [0.717, 1.165) is 17.4 Å². The van der Waals surface area contributed by atoms with Crippen LogP contribution in [0.2, 0.25) is 0 Å². The number of carboxylic acids is 1. The van der Waals surface area contributed by atoms with Crippen LogP contribution >= 0.6 is 15.9 Å². The monoisotopic (exact) mass is 375 g/mol. The normalized spacial score (nSPS) is 15.7. The third-order valence-electron chi connectivity index (χ3n) is 3.57. The van der Waals surface area contributed by atoms with E-state index in [1.54, 1.807) is 0 Å². The van der Waals surface area contributed by atoms with Crippen LogP contribution < -0.4 is 0 Å². The number of halogens is 1. The molecule has 0 fully saturated rings. The minimum absolute atomic E-state index is 0.110. The third kappa shape index (κ3) is 4.52. The van der Waals surface area contributed by atoms with Crippen LogP contribution in [-0.4, -0.2) is 49.0 Å². The number of hydrogen-bond acceptors (Lipinski definition) is 4. The molecule has 0 atom stereocenters. The molecule has 0 aromatic heterocycles. The van der Waals surface area contributed by atoms with Gasteiger partial charge < -0.3 is 5.11 Å². The Morgan fingerprint density at radius 3 is 2.81 bits per heavy atom. The van der Waals surface area contributed by atoms with Crippen molar-refractivity contribution in [3.05, 3.63) is 33.3 Å². The molecule has 21 heavy (non-hydrogen) atoms. The molecule has 0 radical (unpaired) electrons. The maximum Gasteiger partial charge on any atom is 0.318 e. The summed E-state index contributed by atoms with van der Waals surface area (Å²) >= 11 is 3.57. The van der Waals surface area contributed by atoms with Gasteiger partial charge in [-0.2, -0.15) is 0 Å². The van der Waals surface area contributed by atoms with Crippen LogP contribution in [0.4, 0.5) is 0 Å². The molecule has 1 heterocycles. The molecule has 0 saturated carbocycles. The van der Waals surface area contributed by atoms with Crippen LogP contribution in [0.5, 0.6) is 0 Å². The molecule has 0 spiro atoms. The Balaban J connectivity index is 2.01. The lowest BCUT2D eigenvalue weighted by atomic mass is 9.98. The van der Waals surface area contributed by atoms with Gasteiger partial charge in [0.1, 0.15) is 5.75 Å². The van der Waals surface area contributed by atoms with Gasteiger partial charge in [0.15, 0.2) is 9.84 Å². The quantitative estimate of drug-likeness (QED) is 0.845. The highest BCUT2D eigenvalue weighted by molar-refractivity contribution is 9.10. The number of sulfone groups is 1. The second-order valence-corrected chi connectivity index (χ2v) is 8.43. The Hall–Kier alpha value is -0.920. The van der Waals surface area contributed by atoms with Crippen molar-refractivity contribution in [2.75, 3.05) is 24.6 Å². The van der Waals surface area contributed by atoms with E-state index in [9.17, 15) is 13.2 Å². The number of nitrogens with zero attached hydrogens (tertiary/aromatic N) is 1. The SMILES string of the molecule is Cc1cc(Br)c2c(c1)CN(CCS(=O)(=O)CC(=O)O)CC2. The number of hydrogen-bond donors (Lipinski definition) is 1. The molecule has 1 aromatic carbocycles. The first-order chi connectivity index (χ1) is 9.77. The molecule has 2 rings (SSSR count). The Morgan fingerprint density at radius 1 is 1.43 bits per heavy atom. The summed E-state index contributed by atoms with van der Waals surface area (Å²) < 4.78 is 24.4. The summed E-state index contributed by atoms with van der Waals surface area (Å²) in [4.78, 5) is 12.6. The Bertz CT molecular complexity index is 657. The van der Waals surface area contributed by atoms with E-state index < -0.39 is 21.6 Å². The van der Waals surface area contributed by atoms with Crippen LogP contribution in [0.1, 0.15) is 16.7 Å². The van der Waals surface area contributed by atoms with Crippen molar-refractivity contribution in [2.24, 2.45) is 0 Å². The molecule has 0 unspecified atom stereocenters. The first kappa shape index (κ1) is 16.5. The molecule has 5 nitrogen and oxygen atoms in total. The standard InChI is InChI=1S/C14H18BrNO4S/c1-10-6-11-8-16(3-2-12(11)13(15)7-10)4-5-21(19,20)9-14(17)18/h6-7H,2-5,8-9H2,1H3,(H,17,18). The fourth-order valence-corrected chi connectivity index (χ4v) is 4.45. The van der Waals surface area contributed by atoms with E-state index >= 15 is 0 Å². The predicted molar refractivity (Wildman–Crippen MR) is 84.1 cm³/mol. The molecule has 1 aliphatic heterocycles. The molecule has 1 aromatic rings. The molecule has 0 aliphatic carbocycles. The minimum atomic E-state index is -3.52. The Kier molecular flexibility index (Phi) is 5.06. The van der Waals surface area contributed by atoms with E-state index in [1.165, 1.54) is 16.7 Å². The van der Waals surface area contributed by atoms with Gasteiger partial charge in [-0.1, -0.05) is 22.0 Å². The molecule has 0 saturated heterocycles. The average Bonchev–Trinajstić information content (AvgIpc) is 2.34. The smallest absolute Gasteiger partial charge is 0.318 e. The fraction of sp³-hybridized carbons (Fsp3) is 0.500. The van der Waals surface area contributed by atoms with Crippen molar-refractivity contribution < 1.29 is 18.3 Å². The number of rotatable bonds is 5. The van der Waals surface area contributed by atoms with Crippen LogP contribution in [0.3, 0.4) is 0 Å². The summed E-state index contributed by atoms with van der Waals surface area (Å²) in [5.41, 5.74) is 3.66. The summed E-state index contributed by atoms with van der Waals surface area (Å²) in [6.07, 6.45) is 0.870. The van der Waals surface area contributed by atoms with E-state index in [1.807, 2.05) is 6.92 Å². The van der Waals surface area contributed by atoms with Gasteiger partial charge in [0.05, 0.1) is 5.75 Å². The lowest BCUT2D eigenvalue weighted by molar-refractivity contribution is -0.134. The summed E-state index contributed by atoms with van der Waals surface area (Å²) in [5, 5.41) is 8.58. The summed E-state index contributed by atoms with van der Waals surface area (Å²) in [6.45, 7) is 3.90. The van der Waals surface area contributed by atoms with Crippen molar-refractivity contribution in [2.45, 2.75) is 19.9 Å². The number of carboxylic acid groups (broad SMARTS) is 1. The van der Waals surface area contributed by atoms with E-state index in [4.69, 9.17) is 5.11 Å². The molecular formula is C14H18BrNO4S. The summed E-state index contributed by atoms with van der Waals surface area (Å²) in [5.74, 6) is -2.19. The Labute approximate surface area is 133 Å². The van der Waals surface area contributed by atoms with Crippen molar-refractivity contribution >= 4 is 31.7 Å². The van der Waals surface area contributed by atoms with Crippen molar-refractivity contribution in [1.82, 2.24) is 4.90 Å². The summed E-state index contributed by atoms with van der Waals surface area (Å²) in [6, 6.07) is 4.21. The third-order valence-corrected chi connectivity index (χ3v) is 5.76. The van der Waals surface area contributed by atoms with Gasteiger partial charge in [-0.15, -0.1) is 0 Å². The highest BCUT2D eigenvalue weighted by Gasteiger charge is 2.22. The van der Waals surface area contributed by atoms with Gasteiger partial charge in [0.2, 0.25) is 0 Å². The maximum absolute atomic E-state index is 11.6. The first-order valence-electron chi connectivity index (χ1n) is 6.69. The highest BCUT2D eigenvalue weighted by atomic mass is 79.9. The van der Waals surface area contributed by atoms with E-state index in [2.05, 4.69) is 33.0 Å². The van der Waals surface area contributed by atoms with Gasteiger partial charge in [0.25, 0.3) is 0 Å². The molecule has 0 bridgehead atoms. The van der Waals surface area contributed by atoms with Crippen molar-refractivity contribution in [3.63, 3.8) is 0 Å². The zero-order valence-corrected chi connectivity index (χ0v) is 14.2. The fourth-order valence-electron chi connectivity index (χ4n) is 2.57. The van der Waals surface area contributed by atoms with Crippen LogP contribution in [-0.2, 0) is 27.6 Å². The number of carbonyl (C=O) groups is 1. The lowest BCUT2D eigenvalue weighted by Crippen LogP contribution is -2.35. The van der Waals surface area contributed by atoms with E-state index in [-0.39, 0.29) is 5.75 Å². The average molecular weight is 376 g/mol. The molecule has 1 N–H and O–H groups in total. The maximum atomic E-state index is 11.6. The van der Waals surface area contributed by atoms with Crippen LogP contribution in [0.15, 0.2) is 16.6 Å². The molecule has 7 heteroatoms. The van der Waals surface area contributed by atoms with Gasteiger partial charge in [-0.3, -0.25) is 9.69 Å². The molecule has 116 valence electrons. The van der Waals surface area contributed by atoms with Crippen LogP contribution in [0.25, 0.3) is 0 Å². The largest absolute Gasteiger partial charge is 0.480 e. The van der Waals surface area contributed by atoms with Crippen LogP contribution in [0, 0.1) is 6.92 Å². The molecule has 0 amide bonds. The first-order valence-corrected chi connectivity index (χ1v) is 9.31. The number of fused-ring (bicyclic) bond motifs is 1. The zero-order valence-electron chi connectivity index (χ0n) is 11.8. The van der Waals surface area contributed by atoms with Gasteiger partial charge in [-0.25, -0.2) is 8.42 Å². The summed E-state index contributed by atoms with van der Waals surface area (Å²) in [7, 11) is -3.52.